The molecule has 32 heavy (non-hydrogen) atoms. The zero-order valence-electron chi connectivity index (χ0n) is 17.5. The molecule has 0 bridgehead atoms. The van der Waals surface area contributed by atoms with E-state index in [1.54, 1.807) is 13.8 Å². The van der Waals surface area contributed by atoms with Gasteiger partial charge in [-0.25, -0.2) is 13.4 Å². The maximum Gasteiger partial charge on any atom is 0.271 e. The van der Waals surface area contributed by atoms with Gasteiger partial charge in [0.2, 0.25) is 15.9 Å². The van der Waals surface area contributed by atoms with Crippen molar-refractivity contribution in [3.63, 3.8) is 0 Å². The standard InChI is InChI=1S/C20H21N5O6S/c1-13(2)23(3)32(30,31)16-7-4-14(5-8-16)22-19(26)11-24-12-21-18-10-15(25(28)29)6-9-17(18)20(24)27/h4-10,12-13H,11H2,1-3H3,(H,22,26). The van der Waals surface area contributed by atoms with E-state index >= 15 is 0 Å². The molecule has 0 unspecified atom stereocenters. The molecule has 0 spiro atoms. The quantitative estimate of drug-likeness (QED) is 0.420. The van der Waals surface area contributed by atoms with Crippen LogP contribution in [0.15, 0.2) is 58.5 Å². The molecule has 3 aromatic rings. The van der Waals surface area contributed by atoms with E-state index in [-0.39, 0.29) is 34.1 Å². The topological polar surface area (TPSA) is 145 Å². The summed E-state index contributed by atoms with van der Waals surface area (Å²) in [6.45, 7) is 3.18. The molecule has 0 saturated carbocycles. The minimum Gasteiger partial charge on any atom is -0.325 e. The second kappa shape index (κ2) is 8.85. The lowest BCUT2D eigenvalue weighted by Crippen LogP contribution is -2.33. The van der Waals surface area contributed by atoms with Crippen LogP contribution in [0.3, 0.4) is 0 Å². The molecule has 0 aliphatic heterocycles. The number of nitrogens with one attached hydrogen (secondary N) is 1. The number of non-ortho nitro benzene ring substituents is 1. The Labute approximate surface area is 183 Å². The van der Waals surface area contributed by atoms with Gasteiger partial charge in [-0.3, -0.25) is 24.3 Å². The van der Waals surface area contributed by atoms with Gasteiger partial charge in [-0.2, -0.15) is 4.31 Å². The number of nitro groups is 1. The molecule has 0 radical (unpaired) electrons. The first-order valence-electron chi connectivity index (χ1n) is 9.52. The Kier molecular flexibility index (Phi) is 6.37. The third-order valence-corrected chi connectivity index (χ3v) is 6.92. The number of hydrogen-bond acceptors (Lipinski definition) is 7. The molecular weight excluding hydrogens is 438 g/mol. The molecule has 0 aliphatic rings. The fourth-order valence-electron chi connectivity index (χ4n) is 2.88. The molecule has 0 atom stereocenters. The number of fused-ring (bicyclic) bond motifs is 1. The van der Waals surface area contributed by atoms with Crippen LogP contribution in [0.25, 0.3) is 10.9 Å². The maximum atomic E-state index is 12.6. The smallest absolute Gasteiger partial charge is 0.271 e. The number of nitrogens with zero attached hydrogens (tertiary/aromatic N) is 4. The third-order valence-electron chi connectivity index (χ3n) is 4.88. The van der Waals surface area contributed by atoms with Crippen LogP contribution < -0.4 is 10.9 Å². The zero-order valence-corrected chi connectivity index (χ0v) is 18.4. The predicted molar refractivity (Wildman–Crippen MR) is 118 cm³/mol. The van der Waals surface area contributed by atoms with Gasteiger partial charge >= 0.3 is 0 Å². The fraction of sp³-hybridized carbons (Fsp3) is 0.250. The lowest BCUT2D eigenvalue weighted by Gasteiger charge is -2.21. The number of carbonyl (C=O) groups excluding carboxylic acids is 1. The number of amides is 1. The molecule has 1 aromatic heterocycles. The van der Waals surface area contributed by atoms with Gasteiger partial charge in [0, 0.05) is 30.9 Å². The molecule has 1 amide bonds. The molecule has 3 rings (SSSR count). The van der Waals surface area contributed by atoms with Crippen LogP contribution in [0.1, 0.15) is 13.8 Å². The summed E-state index contributed by atoms with van der Waals surface area (Å²) < 4.78 is 27.3. The van der Waals surface area contributed by atoms with E-state index in [0.29, 0.717) is 5.69 Å². The number of carbonyl (C=O) groups is 1. The van der Waals surface area contributed by atoms with Crippen LogP contribution in [0, 0.1) is 10.1 Å². The summed E-state index contributed by atoms with van der Waals surface area (Å²) in [4.78, 5) is 39.3. The van der Waals surface area contributed by atoms with Gasteiger partial charge in [0.05, 0.1) is 27.0 Å². The van der Waals surface area contributed by atoms with Gasteiger partial charge in [0.25, 0.3) is 11.2 Å². The van der Waals surface area contributed by atoms with Crippen molar-refractivity contribution < 1.29 is 18.1 Å². The van der Waals surface area contributed by atoms with E-state index in [2.05, 4.69) is 10.3 Å². The van der Waals surface area contributed by atoms with Crippen molar-refractivity contribution in [2.75, 3.05) is 12.4 Å². The van der Waals surface area contributed by atoms with E-state index in [0.717, 1.165) is 10.9 Å². The first-order valence-corrected chi connectivity index (χ1v) is 11.0. The minimum absolute atomic E-state index is 0.0933. The van der Waals surface area contributed by atoms with E-state index in [4.69, 9.17) is 0 Å². The number of anilines is 1. The predicted octanol–water partition coefficient (Wildman–Crippen LogP) is 1.97. The Morgan fingerprint density at radius 2 is 1.88 bits per heavy atom. The first-order chi connectivity index (χ1) is 15.0. The Balaban J connectivity index is 1.75. The van der Waals surface area contributed by atoms with E-state index in [1.165, 1.54) is 53.8 Å². The van der Waals surface area contributed by atoms with Crippen LogP contribution in [0.4, 0.5) is 11.4 Å². The highest BCUT2D eigenvalue weighted by Gasteiger charge is 2.23. The van der Waals surface area contributed by atoms with Gasteiger partial charge < -0.3 is 5.32 Å². The summed E-state index contributed by atoms with van der Waals surface area (Å²) in [6, 6.07) is 9.17. The normalized spacial score (nSPS) is 11.8. The van der Waals surface area contributed by atoms with Crippen molar-refractivity contribution in [1.29, 1.82) is 0 Å². The van der Waals surface area contributed by atoms with E-state index < -0.39 is 26.4 Å². The number of sulfonamides is 1. The number of benzene rings is 2. The molecule has 168 valence electrons. The summed E-state index contributed by atoms with van der Waals surface area (Å²) in [5.74, 6) is -0.523. The summed E-state index contributed by atoms with van der Waals surface area (Å²) in [5, 5.41) is 13.6. The Bertz CT molecular complexity index is 1350. The monoisotopic (exact) mass is 459 g/mol. The highest BCUT2D eigenvalue weighted by molar-refractivity contribution is 7.89. The molecule has 12 heteroatoms. The Morgan fingerprint density at radius 3 is 2.47 bits per heavy atom. The Hall–Kier alpha value is -3.64. The zero-order chi connectivity index (χ0) is 23.6. The van der Waals surface area contributed by atoms with Crippen molar-refractivity contribution in [2.45, 2.75) is 31.3 Å². The minimum atomic E-state index is -3.64. The van der Waals surface area contributed by atoms with Gasteiger partial charge in [-0.05, 0) is 44.2 Å². The van der Waals surface area contributed by atoms with Gasteiger partial charge in [-0.15, -0.1) is 0 Å². The van der Waals surface area contributed by atoms with Gasteiger partial charge in [-0.1, -0.05) is 0 Å². The second-order valence-corrected chi connectivity index (χ2v) is 9.32. The van der Waals surface area contributed by atoms with Crippen molar-refractivity contribution in [3.05, 3.63) is 69.3 Å². The molecule has 1 N–H and O–H groups in total. The van der Waals surface area contributed by atoms with Crippen LogP contribution in [-0.4, -0.2) is 46.2 Å². The summed E-state index contributed by atoms with van der Waals surface area (Å²) in [7, 11) is -2.15. The number of nitro benzene ring substituents is 1. The molecule has 0 aliphatic carbocycles. The van der Waals surface area contributed by atoms with Crippen LogP contribution >= 0.6 is 0 Å². The summed E-state index contributed by atoms with van der Waals surface area (Å²) >= 11 is 0. The Morgan fingerprint density at radius 1 is 1.22 bits per heavy atom. The summed E-state index contributed by atoms with van der Waals surface area (Å²) in [6.07, 6.45) is 1.14. The highest BCUT2D eigenvalue weighted by Crippen LogP contribution is 2.19. The number of aromatic nitrogens is 2. The number of rotatable bonds is 7. The fourth-order valence-corrected chi connectivity index (χ4v) is 4.25. The number of hydrogen-bond donors (Lipinski definition) is 1. The average Bonchev–Trinajstić information content (AvgIpc) is 2.75. The SMILES string of the molecule is CC(C)N(C)S(=O)(=O)c1ccc(NC(=O)Cn2cnc3cc([N+](=O)[O-])ccc3c2=O)cc1. The lowest BCUT2D eigenvalue weighted by atomic mass is 10.2. The van der Waals surface area contributed by atoms with Crippen molar-refractivity contribution in [1.82, 2.24) is 13.9 Å². The largest absolute Gasteiger partial charge is 0.325 e. The maximum absolute atomic E-state index is 12.6. The van der Waals surface area contributed by atoms with Crippen molar-refractivity contribution >= 4 is 38.2 Å². The molecule has 1 heterocycles. The van der Waals surface area contributed by atoms with Crippen LogP contribution in [0.5, 0.6) is 0 Å². The molecular formula is C20H21N5O6S. The van der Waals surface area contributed by atoms with Crippen LogP contribution in [0.2, 0.25) is 0 Å². The van der Waals surface area contributed by atoms with E-state index in [9.17, 15) is 28.1 Å². The second-order valence-electron chi connectivity index (χ2n) is 7.32. The molecule has 2 aromatic carbocycles. The lowest BCUT2D eigenvalue weighted by molar-refractivity contribution is -0.384. The average molecular weight is 459 g/mol. The van der Waals surface area contributed by atoms with Crippen molar-refractivity contribution in [3.8, 4) is 0 Å². The van der Waals surface area contributed by atoms with Crippen molar-refractivity contribution in [2.24, 2.45) is 0 Å². The summed E-state index contributed by atoms with van der Waals surface area (Å²) in [5.41, 5.74) is -0.189. The molecule has 11 nitrogen and oxygen atoms in total. The van der Waals surface area contributed by atoms with Crippen LogP contribution in [-0.2, 0) is 21.4 Å². The van der Waals surface area contributed by atoms with Gasteiger partial charge in [0.1, 0.15) is 6.54 Å². The van der Waals surface area contributed by atoms with E-state index in [1.807, 2.05) is 0 Å². The molecule has 0 fully saturated rings. The first kappa shape index (κ1) is 23.0. The van der Waals surface area contributed by atoms with Gasteiger partial charge in [0.15, 0.2) is 0 Å². The highest BCUT2D eigenvalue weighted by atomic mass is 32.2. The molecule has 0 saturated heterocycles. The third kappa shape index (κ3) is 4.65.